The summed E-state index contributed by atoms with van der Waals surface area (Å²) in [6.07, 6.45) is 2.01. The molecule has 140 valence electrons. The highest BCUT2D eigenvalue weighted by Crippen LogP contribution is 2.29. The molecular weight excluding hydrogens is 364 g/mol. The molecule has 1 saturated heterocycles. The normalized spacial score (nSPS) is 17.0. The van der Waals surface area contributed by atoms with Crippen LogP contribution in [0.5, 0.6) is 5.75 Å². The first kappa shape index (κ1) is 17.9. The quantitative estimate of drug-likeness (QED) is 0.693. The molecule has 27 heavy (non-hydrogen) atoms. The number of fused-ring (bicyclic) bond motifs is 1. The zero-order valence-electron chi connectivity index (χ0n) is 14.8. The second-order valence-electron chi connectivity index (χ2n) is 6.64. The number of amides is 1. The summed E-state index contributed by atoms with van der Waals surface area (Å²) in [5.74, 6) is 0.666. The average molecular weight is 385 g/mol. The molecule has 0 spiro atoms. The van der Waals surface area contributed by atoms with Gasteiger partial charge in [0.05, 0.1) is 5.02 Å². The number of carbonyl (C=O) groups is 1. The van der Waals surface area contributed by atoms with E-state index in [0.717, 1.165) is 36.9 Å². The molecule has 1 aliphatic heterocycles. The Balaban J connectivity index is 1.60. The van der Waals surface area contributed by atoms with E-state index in [9.17, 15) is 4.79 Å². The molecule has 2 aromatic carbocycles. The molecule has 0 aliphatic carbocycles. The number of rotatable bonds is 5. The lowest BCUT2D eigenvalue weighted by atomic mass is 10.1. The summed E-state index contributed by atoms with van der Waals surface area (Å²) in [4.78, 5) is 12.9. The fourth-order valence-corrected chi connectivity index (χ4v) is 3.55. The second-order valence-corrected chi connectivity index (χ2v) is 7.05. The van der Waals surface area contributed by atoms with Gasteiger partial charge >= 0.3 is 0 Å². The molecule has 1 aliphatic rings. The third-order valence-corrected chi connectivity index (χ3v) is 5.06. The summed E-state index contributed by atoms with van der Waals surface area (Å²) in [6.45, 7) is 1.97. The van der Waals surface area contributed by atoms with Gasteiger partial charge < -0.3 is 19.8 Å². The predicted octanol–water partition coefficient (Wildman–Crippen LogP) is 4.15. The highest BCUT2D eigenvalue weighted by atomic mass is 35.5. The monoisotopic (exact) mass is 384 g/mol. The zero-order chi connectivity index (χ0) is 18.6. The summed E-state index contributed by atoms with van der Waals surface area (Å²) in [5.41, 5.74) is 1.40. The fraction of sp³-hybridized carbons (Fsp3) is 0.286. The van der Waals surface area contributed by atoms with Crippen molar-refractivity contribution in [3.63, 3.8) is 0 Å². The molecule has 2 N–H and O–H groups in total. The SMILES string of the molecule is O=C(N[C@H]1CCCNC1)c1oc2ccccc2c1COc1ccccc1Cl. The summed E-state index contributed by atoms with van der Waals surface area (Å²) in [6, 6.07) is 15.0. The van der Waals surface area contributed by atoms with Crippen molar-refractivity contribution in [2.24, 2.45) is 0 Å². The van der Waals surface area contributed by atoms with Crippen molar-refractivity contribution in [1.29, 1.82) is 0 Å². The van der Waals surface area contributed by atoms with Crippen LogP contribution in [0.1, 0.15) is 29.0 Å². The lowest BCUT2D eigenvalue weighted by Crippen LogP contribution is -2.45. The van der Waals surface area contributed by atoms with E-state index in [-0.39, 0.29) is 18.6 Å². The number of piperidine rings is 1. The van der Waals surface area contributed by atoms with Gasteiger partial charge in [-0.05, 0) is 37.6 Å². The first-order valence-corrected chi connectivity index (χ1v) is 9.49. The van der Waals surface area contributed by atoms with E-state index in [0.29, 0.717) is 22.1 Å². The van der Waals surface area contributed by atoms with Crippen molar-refractivity contribution in [2.75, 3.05) is 13.1 Å². The van der Waals surface area contributed by atoms with Gasteiger partial charge in [-0.1, -0.05) is 41.9 Å². The molecule has 1 atom stereocenters. The molecule has 4 rings (SSSR count). The van der Waals surface area contributed by atoms with Gasteiger partial charge in [0.2, 0.25) is 0 Å². The van der Waals surface area contributed by atoms with E-state index >= 15 is 0 Å². The van der Waals surface area contributed by atoms with Crippen molar-refractivity contribution < 1.29 is 13.9 Å². The zero-order valence-corrected chi connectivity index (χ0v) is 15.6. The van der Waals surface area contributed by atoms with Gasteiger partial charge in [-0.15, -0.1) is 0 Å². The number of para-hydroxylation sites is 2. The average Bonchev–Trinajstić information content (AvgIpc) is 3.07. The van der Waals surface area contributed by atoms with Gasteiger partial charge in [-0.25, -0.2) is 0 Å². The van der Waals surface area contributed by atoms with Gasteiger partial charge in [-0.3, -0.25) is 4.79 Å². The topological polar surface area (TPSA) is 63.5 Å². The van der Waals surface area contributed by atoms with Gasteiger partial charge in [0.15, 0.2) is 5.76 Å². The number of halogens is 1. The number of hydrogen-bond acceptors (Lipinski definition) is 4. The Morgan fingerprint density at radius 1 is 1.22 bits per heavy atom. The molecule has 0 bridgehead atoms. The molecule has 6 heteroatoms. The molecule has 2 heterocycles. The largest absolute Gasteiger partial charge is 0.487 e. The number of carbonyl (C=O) groups excluding carboxylic acids is 1. The van der Waals surface area contributed by atoms with Crippen LogP contribution >= 0.6 is 11.6 Å². The van der Waals surface area contributed by atoms with Crippen molar-refractivity contribution in [3.8, 4) is 5.75 Å². The highest BCUT2D eigenvalue weighted by Gasteiger charge is 2.24. The molecular formula is C21H21ClN2O3. The summed E-state index contributed by atoms with van der Waals surface area (Å²) in [7, 11) is 0. The summed E-state index contributed by atoms with van der Waals surface area (Å²) < 4.78 is 11.8. The fourth-order valence-electron chi connectivity index (χ4n) is 3.36. The molecule has 1 amide bonds. The van der Waals surface area contributed by atoms with E-state index in [1.54, 1.807) is 12.1 Å². The molecule has 5 nitrogen and oxygen atoms in total. The minimum Gasteiger partial charge on any atom is -0.487 e. The lowest BCUT2D eigenvalue weighted by molar-refractivity contribution is 0.0901. The summed E-state index contributed by atoms with van der Waals surface area (Å²) in [5, 5.41) is 7.77. The number of benzene rings is 2. The van der Waals surface area contributed by atoms with Crippen molar-refractivity contribution in [3.05, 3.63) is 64.9 Å². The van der Waals surface area contributed by atoms with E-state index in [4.69, 9.17) is 20.8 Å². The highest BCUT2D eigenvalue weighted by molar-refractivity contribution is 6.32. The van der Waals surface area contributed by atoms with Crippen LogP contribution in [0.3, 0.4) is 0 Å². The van der Waals surface area contributed by atoms with Gasteiger partial charge in [0.25, 0.3) is 5.91 Å². The van der Waals surface area contributed by atoms with Crippen molar-refractivity contribution >= 4 is 28.5 Å². The second kappa shape index (κ2) is 8.03. The Hall–Kier alpha value is -2.50. The Labute approximate surface area is 162 Å². The minimum absolute atomic E-state index is 0.108. The predicted molar refractivity (Wildman–Crippen MR) is 105 cm³/mol. The lowest BCUT2D eigenvalue weighted by Gasteiger charge is -2.23. The third kappa shape index (κ3) is 3.94. The van der Waals surface area contributed by atoms with Crippen LogP contribution in [0.2, 0.25) is 5.02 Å². The first-order chi connectivity index (χ1) is 13.2. The molecule has 0 radical (unpaired) electrons. The molecule has 3 aromatic rings. The summed E-state index contributed by atoms with van der Waals surface area (Å²) >= 11 is 6.18. The minimum atomic E-state index is -0.211. The van der Waals surface area contributed by atoms with Crippen LogP contribution in [0, 0.1) is 0 Å². The Morgan fingerprint density at radius 3 is 2.85 bits per heavy atom. The number of ether oxygens (including phenoxy) is 1. The maximum Gasteiger partial charge on any atom is 0.287 e. The standard InChI is InChI=1S/C21H21ClN2O3/c22-17-8-2-4-10-19(17)26-13-16-15-7-1-3-9-18(15)27-20(16)21(25)24-14-6-5-11-23-12-14/h1-4,7-10,14,23H,5-6,11-13H2,(H,24,25)/t14-/m0/s1. The van der Waals surface area contributed by atoms with Crippen LogP contribution in [0.4, 0.5) is 0 Å². The molecule has 0 unspecified atom stereocenters. The van der Waals surface area contributed by atoms with Gasteiger partial charge in [0.1, 0.15) is 17.9 Å². The van der Waals surface area contributed by atoms with Crippen LogP contribution in [0.25, 0.3) is 11.0 Å². The van der Waals surface area contributed by atoms with E-state index in [1.165, 1.54) is 0 Å². The van der Waals surface area contributed by atoms with Gasteiger partial charge in [-0.2, -0.15) is 0 Å². The molecule has 1 fully saturated rings. The van der Waals surface area contributed by atoms with E-state index in [1.807, 2.05) is 36.4 Å². The maximum absolute atomic E-state index is 12.9. The van der Waals surface area contributed by atoms with Crippen LogP contribution in [-0.4, -0.2) is 25.0 Å². The van der Waals surface area contributed by atoms with Crippen LogP contribution in [-0.2, 0) is 6.61 Å². The maximum atomic E-state index is 12.9. The Kier molecular flexibility index (Phi) is 5.32. The third-order valence-electron chi connectivity index (χ3n) is 4.75. The van der Waals surface area contributed by atoms with Crippen LogP contribution in [0.15, 0.2) is 52.9 Å². The van der Waals surface area contributed by atoms with Crippen molar-refractivity contribution in [1.82, 2.24) is 10.6 Å². The van der Waals surface area contributed by atoms with E-state index in [2.05, 4.69) is 10.6 Å². The molecule has 0 saturated carbocycles. The number of hydrogen-bond donors (Lipinski definition) is 2. The Bertz CT molecular complexity index is 948. The van der Waals surface area contributed by atoms with Crippen molar-refractivity contribution in [2.45, 2.75) is 25.5 Å². The number of furan rings is 1. The van der Waals surface area contributed by atoms with Crippen LogP contribution < -0.4 is 15.4 Å². The Morgan fingerprint density at radius 2 is 2.04 bits per heavy atom. The van der Waals surface area contributed by atoms with E-state index < -0.39 is 0 Å². The smallest absolute Gasteiger partial charge is 0.287 e. The molecule has 1 aromatic heterocycles. The first-order valence-electron chi connectivity index (χ1n) is 9.11. The number of nitrogens with one attached hydrogen (secondary N) is 2. The van der Waals surface area contributed by atoms with Gasteiger partial charge in [0, 0.05) is 23.5 Å².